The van der Waals surface area contributed by atoms with Crippen LogP contribution >= 0.6 is 0 Å². The van der Waals surface area contributed by atoms with Crippen LogP contribution in [0.5, 0.6) is 0 Å². The van der Waals surface area contributed by atoms with Crippen LogP contribution in [0.2, 0.25) is 0 Å². The van der Waals surface area contributed by atoms with Crippen molar-refractivity contribution >= 4 is 22.7 Å². The molecular formula is C19H17N3. The maximum atomic E-state index is 9.57. The Morgan fingerprint density at radius 2 is 1.91 bits per heavy atom. The van der Waals surface area contributed by atoms with Crippen molar-refractivity contribution in [2.45, 2.75) is 20.4 Å². The zero-order valence-corrected chi connectivity index (χ0v) is 12.7. The molecule has 0 aliphatic heterocycles. The van der Waals surface area contributed by atoms with E-state index in [9.17, 15) is 5.26 Å². The standard InChI is InChI=1S/C19H17N3/c1-3-22-18-7-5-4-6-17(18)21-19(22)16(13-20)12-15-10-8-14(2)9-11-15/h4-12H,3H2,1-2H3/b16-12-. The first kappa shape index (κ1) is 14.1. The van der Waals surface area contributed by atoms with Gasteiger partial charge < -0.3 is 4.57 Å². The van der Waals surface area contributed by atoms with Crippen LogP contribution in [0.1, 0.15) is 23.9 Å². The van der Waals surface area contributed by atoms with Gasteiger partial charge in [-0.1, -0.05) is 42.0 Å². The first-order valence-electron chi connectivity index (χ1n) is 7.37. The van der Waals surface area contributed by atoms with E-state index in [2.05, 4.69) is 29.5 Å². The lowest BCUT2D eigenvalue weighted by Gasteiger charge is -2.05. The summed E-state index contributed by atoms with van der Waals surface area (Å²) in [6, 6.07) is 18.4. The predicted molar refractivity (Wildman–Crippen MR) is 90.1 cm³/mol. The molecule has 0 amide bonds. The molecule has 0 N–H and O–H groups in total. The van der Waals surface area contributed by atoms with E-state index in [1.165, 1.54) is 5.56 Å². The molecule has 2 aromatic carbocycles. The van der Waals surface area contributed by atoms with Crippen LogP contribution < -0.4 is 0 Å². The Hall–Kier alpha value is -2.86. The monoisotopic (exact) mass is 287 g/mol. The highest BCUT2D eigenvalue weighted by atomic mass is 15.1. The normalized spacial score (nSPS) is 11.6. The van der Waals surface area contributed by atoms with E-state index in [0.717, 1.165) is 29.0 Å². The molecule has 0 radical (unpaired) electrons. The molecule has 3 rings (SSSR count). The molecule has 1 heterocycles. The number of benzene rings is 2. The van der Waals surface area contributed by atoms with Gasteiger partial charge in [0.25, 0.3) is 0 Å². The molecule has 3 aromatic rings. The van der Waals surface area contributed by atoms with Gasteiger partial charge >= 0.3 is 0 Å². The van der Waals surface area contributed by atoms with E-state index in [4.69, 9.17) is 0 Å². The van der Waals surface area contributed by atoms with Gasteiger partial charge in [0.2, 0.25) is 0 Å². The summed E-state index contributed by atoms with van der Waals surface area (Å²) in [4.78, 5) is 4.64. The van der Waals surface area contributed by atoms with Crippen LogP contribution in [0.4, 0.5) is 0 Å². The number of para-hydroxylation sites is 2. The number of allylic oxidation sites excluding steroid dienone is 1. The summed E-state index contributed by atoms with van der Waals surface area (Å²) in [5, 5.41) is 9.57. The molecule has 108 valence electrons. The fourth-order valence-corrected chi connectivity index (χ4v) is 2.58. The third-order valence-electron chi connectivity index (χ3n) is 3.72. The van der Waals surface area contributed by atoms with Gasteiger partial charge in [-0.15, -0.1) is 0 Å². The van der Waals surface area contributed by atoms with Crippen LogP contribution in [-0.4, -0.2) is 9.55 Å². The van der Waals surface area contributed by atoms with Gasteiger partial charge in [0, 0.05) is 6.54 Å². The molecule has 0 unspecified atom stereocenters. The molecule has 3 heteroatoms. The molecule has 1 aromatic heterocycles. The SMILES string of the molecule is CCn1c(/C(C#N)=C\c2ccc(C)cc2)nc2ccccc21. The molecule has 3 nitrogen and oxygen atoms in total. The van der Waals surface area contributed by atoms with E-state index in [-0.39, 0.29) is 0 Å². The van der Waals surface area contributed by atoms with E-state index in [1.54, 1.807) is 0 Å². The van der Waals surface area contributed by atoms with Crippen molar-refractivity contribution in [1.29, 1.82) is 5.26 Å². The minimum Gasteiger partial charge on any atom is -0.324 e. The molecule has 0 aliphatic rings. The zero-order valence-electron chi connectivity index (χ0n) is 12.7. The molecule has 0 saturated heterocycles. The number of imidazole rings is 1. The highest BCUT2D eigenvalue weighted by Crippen LogP contribution is 2.23. The number of fused-ring (bicyclic) bond motifs is 1. The summed E-state index contributed by atoms with van der Waals surface area (Å²) >= 11 is 0. The van der Waals surface area contributed by atoms with Crippen LogP contribution in [0.25, 0.3) is 22.7 Å². The van der Waals surface area contributed by atoms with Gasteiger partial charge in [0.05, 0.1) is 16.6 Å². The summed E-state index contributed by atoms with van der Waals surface area (Å²) in [5.74, 6) is 0.728. The maximum Gasteiger partial charge on any atom is 0.151 e. The number of hydrogen-bond donors (Lipinski definition) is 0. The smallest absolute Gasteiger partial charge is 0.151 e. The van der Waals surface area contributed by atoms with Crippen LogP contribution in [0, 0.1) is 18.3 Å². The van der Waals surface area contributed by atoms with Crippen LogP contribution in [-0.2, 0) is 6.54 Å². The van der Waals surface area contributed by atoms with Crippen LogP contribution in [0.3, 0.4) is 0 Å². The molecule has 0 fully saturated rings. The Balaban J connectivity index is 2.15. The second-order valence-electron chi connectivity index (χ2n) is 5.25. The van der Waals surface area contributed by atoms with E-state index >= 15 is 0 Å². The van der Waals surface area contributed by atoms with Gasteiger partial charge in [0.1, 0.15) is 6.07 Å². The Morgan fingerprint density at radius 1 is 1.18 bits per heavy atom. The van der Waals surface area contributed by atoms with E-state index < -0.39 is 0 Å². The average molecular weight is 287 g/mol. The van der Waals surface area contributed by atoms with Crippen molar-refractivity contribution in [3.63, 3.8) is 0 Å². The molecule has 0 aliphatic carbocycles. The van der Waals surface area contributed by atoms with Crippen molar-refractivity contribution < 1.29 is 0 Å². The van der Waals surface area contributed by atoms with E-state index in [0.29, 0.717) is 5.57 Å². The van der Waals surface area contributed by atoms with Gasteiger partial charge in [0.15, 0.2) is 5.82 Å². The summed E-state index contributed by atoms with van der Waals surface area (Å²) in [6.07, 6.45) is 1.90. The lowest BCUT2D eigenvalue weighted by molar-refractivity contribution is 0.775. The molecular weight excluding hydrogens is 270 g/mol. The summed E-state index contributed by atoms with van der Waals surface area (Å²) in [6.45, 7) is 4.90. The fourth-order valence-electron chi connectivity index (χ4n) is 2.58. The van der Waals surface area contributed by atoms with Crippen molar-refractivity contribution in [3.05, 3.63) is 65.5 Å². The lowest BCUT2D eigenvalue weighted by Crippen LogP contribution is -2.00. The van der Waals surface area contributed by atoms with Crippen molar-refractivity contribution in [2.75, 3.05) is 0 Å². The molecule has 22 heavy (non-hydrogen) atoms. The number of nitrogens with zero attached hydrogens (tertiary/aromatic N) is 3. The van der Waals surface area contributed by atoms with Crippen molar-refractivity contribution in [1.82, 2.24) is 9.55 Å². The third kappa shape index (κ3) is 2.51. The predicted octanol–water partition coefficient (Wildman–Crippen LogP) is 4.43. The number of nitriles is 1. The molecule has 0 saturated carbocycles. The first-order valence-corrected chi connectivity index (χ1v) is 7.37. The highest BCUT2D eigenvalue weighted by molar-refractivity contribution is 5.90. The summed E-state index contributed by atoms with van der Waals surface area (Å²) in [5.41, 5.74) is 4.78. The summed E-state index contributed by atoms with van der Waals surface area (Å²) < 4.78 is 2.08. The number of hydrogen-bond acceptors (Lipinski definition) is 2. The van der Waals surface area contributed by atoms with Gasteiger partial charge in [-0.3, -0.25) is 0 Å². The first-order chi connectivity index (χ1) is 10.7. The van der Waals surface area contributed by atoms with Gasteiger partial charge in [-0.05, 0) is 37.6 Å². The van der Waals surface area contributed by atoms with Crippen LogP contribution in [0.15, 0.2) is 48.5 Å². The number of rotatable bonds is 3. The van der Waals surface area contributed by atoms with Gasteiger partial charge in [-0.25, -0.2) is 4.98 Å². The molecule has 0 spiro atoms. The topological polar surface area (TPSA) is 41.6 Å². The zero-order chi connectivity index (χ0) is 15.5. The number of aromatic nitrogens is 2. The Morgan fingerprint density at radius 3 is 2.59 bits per heavy atom. The van der Waals surface area contributed by atoms with Crippen molar-refractivity contribution in [3.8, 4) is 6.07 Å². The minimum absolute atomic E-state index is 0.585. The largest absolute Gasteiger partial charge is 0.324 e. The maximum absolute atomic E-state index is 9.57. The lowest BCUT2D eigenvalue weighted by atomic mass is 10.1. The molecule has 0 bridgehead atoms. The third-order valence-corrected chi connectivity index (χ3v) is 3.72. The highest BCUT2D eigenvalue weighted by Gasteiger charge is 2.13. The molecule has 0 atom stereocenters. The second kappa shape index (κ2) is 5.87. The Bertz CT molecular complexity index is 877. The fraction of sp³-hybridized carbons (Fsp3) is 0.158. The quantitative estimate of drug-likeness (QED) is 0.669. The number of aryl methyl sites for hydroxylation is 2. The average Bonchev–Trinajstić information content (AvgIpc) is 2.92. The Kier molecular flexibility index (Phi) is 3.76. The van der Waals surface area contributed by atoms with Crippen molar-refractivity contribution in [2.24, 2.45) is 0 Å². The Labute approximate surface area is 130 Å². The second-order valence-corrected chi connectivity index (χ2v) is 5.25. The minimum atomic E-state index is 0.585. The summed E-state index contributed by atoms with van der Waals surface area (Å²) in [7, 11) is 0. The van der Waals surface area contributed by atoms with E-state index in [1.807, 2.05) is 54.6 Å². The van der Waals surface area contributed by atoms with Gasteiger partial charge in [-0.2, -0.15) is 5.26 Å².